The highest BCUT2D eigenvalue weighted by molar-refractivity contribution is 5.96. The third kappa shape index (κ3) is 4.23. The monoisotopic (exact) mass is 403 g/mol. The first-order chi connectivity index (χ1) is 14.0. The van der Waals surface area contributed by atoms with Gasteiger partial charge in [0.2, 0.25) is 0 Å². The second-order valence-corrected chi connectivity index (χ2v) is 8.40. The molecule has 1 aromatic rings. The van der Waals surface area contributed by atoms with Crippen molar-refractivity contribution in [1.29, 1.82) is 0 Å². The summed E-state index contributed by atoms with van der Waals surface area (Å²) in [5.41, 5.74) is 0.859. The number of nitrogens with one attached hydrogen (secondary N) is 1. The van der Waals surface area contributed by atoms with Crippen molar-refractivity contribution in [2.45, 2.75) is 57.3 Å². The van der Waals surface area contributed by atoms with Gasteiger partial charge in [0.25, 0.3) is 11.6 Å². The van der Waals surface area contributed by atoms with Crippen molar-refractivity contribution < 1.29 is 19.2 Å². The molecule has 2 aliphatic heterocycles. The highest BCUT2D eigenvalue weighted by Crippen LogP contribution is 2.37. The van der Waals surface area contributed by atoms with E-state index in [-0.39, 0.29) is 17.6 Å². The summed E-state index contributed by atoms with van der Waals surface area (Å²) in [4.78, 5) is 26.0. The van der Waals surface area contributed by atoms with Crippen molar-refractivity contribution in [2.75, 3.05) is 31.2 Å². The van der Waals surface area contributed by atoms with Crippen LogP contribution in [0.5, 0.6) is 0 Å². The highest BCUT2D eigenvalue weighted by atomic mass is 16.7. The maximum absolute atomic E-state index is 12.7. The molecular weight excluding hydrogens is 374 g/mol. The minimum Gasteiger partial charge on any atom is -0.366 e. The fraction of sp³-hybridized carbons (Fsp3) is 0.667. The number of nitrogens with zero attached hydrogens (tertiary/aromatic N) is 2. The van der Waals surface area contributed by atoms with Crippen LogP contribution < -0.4 is 10.2 Å². The van der Waals surface area contributed by atoms with Gasteiger partial charge in [-0.1, -0.05) is 19.8 Å². The summed E-state index contributed by atoms with van der Waals surface area (Å²) in [5, 5.41) is 14.8. The van der Waals surface area contributed by atoms with E-state index >= 15 is 0 Å². The SMILES string of the molecule is C[C@@H]1CCCC[C@@H]1NC(=O)c1ccc(N2CCC3(CC2)OCCO3)c([N+](=O)[O-])c1. The third-order valence-corrected chi connectivity index (χ3v) is 6.54. The van der Waals surface area contributed by atoms with E-state index in [1.54, 1.807) is 12.1 Å². The van der Waals surface area contributed by atoms with E-state index in [2.05, 4.69) is 12.2 Å². The Hall–Kier alpha value is -2.19. The molecule has 0 unspecified atom stereocenters. The molecule has 0 aromatic heterocycles. The molecule has 1 amide bonds. The lowest BCUT2D eigenvalue weighted by atomic mass is 9.86. The molecule has 1 saturated carbocycles. The molecule has 2 atom stereocenters. The molecule has 2 heterocycles. The van der Waals surface area contributed by atoms with Gasteiger partial charge in [-0.15, -0.1) is 0 Å². The van der Waals surface area contributed by atoms with Crippen LogP contribution in [0.3, 0.4) is 0 Å². The topological polar surface area (TPSA) is 93.9 Å². The highest BCUT2D eigenvalue weighted by Gasteiger charge is 2.40. The van der Waals surface area contributed by atoms with Crippen LogP contribution in [0.1, 0.15) is 55.8 Å². The van der Waals surface area contributed by atoms with Gasteiger partial charge in [0.05, 0.1) is 18.1 Å². The lowest BCUT2D eigenvalue weighted by molar-refractivity contribution is -0.384. The van der Waals surface area contributed by atoms with Gasteiger partial charge < -0.3 is 19.7 Å². The number of hydrogen-bond donors (Lipinski definition) is 1. The third-order valence-electron chi connectivity index (χ3n) is 6.54. The Balaban J connectivity index is 1.48. The number of piperidine rings is 1. The molecular formula is C21H29N3O5. The first-order valence-electron chi connectivity index (χ1n) is 10.6. The Morgan fingerprint density at radius 2 is 1.90 bits per heavy atom. The summed E-state index contributed by atoms with van der Waals surface area (Å²) >= 11 is 0. The Kier molecular flexibility index (Phi) is 5.74. The molecule has 158 valence electrons. The number of amides is 1. The minimum absolute atomic E-state index is 0.0291. The first-order valence-corrected chi connectivity index (χ1v) is 10.6. The zero-order chi connectivity index (χ0) is 20.4. The van der Waals surface area contributed by atoms with Crippen LogP contribution in [0, 0.1) is 16.0 Å². The molecule has 4 rings (SSSR count). The molecule has 8 nitrogen and oxygen atoms in total. The number of carbonyl (C=O) groups is 1. The van der Waals surface area contributed by atoms with Gasteiger partial charge in [0.1, 0.15) is 5.69 Å². The lowest BCUT2D eigenvalue weighted by Crippen LogP contribution is -2.45. The fourth-order valence-corrected chi connectivity index (χ4v) is 4.73. The van der Waals surface area contributed by atoms with Crippen LogP contribution in [0.4, 0.5) is 11.4 Å². The summed E-state index contributed by atoms with van der Waals surface area (Å²) < 4.78 is 11.5. The van der Waals surface area contributed by atoms with Crippen LogP contribution in [0.15, 0.2) is 18.2 Å². The van der Waals surface area contributed by atoms with Crippen molar-refractivity contribution >= 4 is 17.3 Å². The smallest absolute Gasteiger partial charge is 0.293 e. The predicted molar refractivity (Wildman–Crippen MR) is 108 cm³/mol. The van der Waals surface area contributed by atoms with Crippen molar-refractivity contribution in [3.63, 3.8) is 0 Å². The van der Waals surface area contributed by atoms with E-state index in [4.69, 9.17) is 9.47 Å². The molecule has 2 saturated heterocycles. The number of rotatable bonds is 4. The molecule has 8 heteroatoms. The molecule has 3 aliphatic rings. The summed E-state index contributed by atoms with van der Waals surface area (Å²) in [6.07, 6.45) is 5.72. The molecule has 0 bridgehead atoms. The second-order valence-electron chi connectivity index (χ2n) is 8.40. The maximum atomic E-state index is 12.7. The van der Waals surface area contributed by atoms with E-state index in [0.717, 1.165) is 19.3 Å². The van der Waals surface area contributed by atoms with Gasteiger partial charge in [0.15, 0.2) is 5.79 Å². The molecule has 1 aliphatic carbocycles. The Morgan fingerprint density at radius 1 is 1.21 bits per heavy atom. The van der Waals surface area contributed by atoms with Crippen LogP contribution in [0.25, 0.3) is 0 Å². The van der Waals surface area contributed by atoms with Gasteiger partial charge in [-0.05, 0) is 30.9 Å². The number of hydrogen-bond acceptors (Lipinski definition) is 6. The second kappa shape index (κ2) is 8.28. The summed E-state index contributed by atoms with van der Waals surface area (Å²) in [6.45, 7) is 4.58. The average Bonchev–Trinajstić information content (AvgIpc) is 3.18. The van der Waals surface area contributed by atoms with Crippen molar-refractivity contribution in [2.24, 2.45) is 5.92 Å². The normalized spacial score (nSPS) is 26.4. The Morgan fingerprint density at radius 3 is 2.55 bits per heavy atom. The largest absolute Gasteiger partial charge is 0.366 e. The summed E-state index contributed by atoms with van der Waals surface area (Å²) in [5.74, 6) is -0.326. The first kappa shape index (κ1) is 20.1. The molecule has 29 heavy (non-hydrogen) atoms. The number of nitro groups is 1. The zero-order valence-electron chi connectivity index (χ0n) is 16.9. The number of benzene rings is 1. The predicted octanol–water partition coefficient (Wildman–Crippen LogP) is 3.25. The Labute approximate surface area is 170 Å². The van der Waals surface area contributed by atoms with Crippen molar-refractivity contribution in [1.82, 2.24) is 5.32 Å². The van der Waals surface area contributed by atoms with E-state index in [9.17, 15) is 14.9 Å². The van der Waals surface area contributed by atoms with Gasteiger partial charge in [0, 0.05) is 43.6 Å². The Bertz CT molecular complexity index is 768. The van der Waals surface area contributed by atoms with Gasteiger partial charge in [-0.25, -0.2) is 0 Å². The quantitative estimate of drug-likeness (QED) is 0.613. The van der Waals surface area contributed by atoms with Crippen LogP contribution in [-0.4, -0.2) is 49.0 Å². The van der Waals surface area contributed by atoms with Gasteiger partial charge >= 0.3 is 0 Å². The molecule has 0 radical (unpaired) electrons. The maximum Gasteiger partial charge on any atom is 0.293 e. The van der Waals surface area contributed by atoms with Crippen molar-refractivity contribution in [3.05, 3.63) is 33.9 Å². The standard InChI is InChI=1S/C21H29N3O5/c1-15-4-2-3-5-17(15)22-20(25)16-6-7-18(19(14-16)24(26)27)23-10-8-21(9-11-23)28-12-13-29-21/h6-7,14-15,17H,2-5,8-13H2,1H3,(H,22,25)/t15-,17+/m1/s1. The number of nitro benzene ring substituents is 1. The minimum atomic E-state index is -0.526. The van der Waals surface area contributed by atoms with E-state index in [0.29, 0.717) is 56.3 Å². The number of anilines is 1. The van der Waals surface area contributed by atoms with E-state index in [1.165, 1.54) is 12.5 Å². The summed E-state index contributed by atoms with van der Waals surface area (Å²) in [7, 11) is 0. The van der Waals surface area contributed by atoms with Crippen LogP contribution in [-0.2, 0) is 9.47 Å². The van der Waals surface area contributed by atoms with Gasteiger partial charge in [-0.2, -0.15) is 0 Å². The van der Waals surface area contributed by atoms with E-state index < -0.39 is 10.7 Å². The molecule has 1 N–H and O–H groups in total. The van der Waals surface area contributed by atoms with E-state index in [1.807, 2.05) is 4.90 Å². The summed E-state index contributed by atoms with van der Waals surface area (Å²) in [6, 6.07) is 4.94. The number of ether oxygens (including phenoxy) is 2. The van der Waals surface area contributed by atoms with Gasteiger partial charge in [-0.3, -0.25) is 14.9 Å². The number of carbonyl (C=O) groups excluding carboxylic acids is 1. The average molecular weight is 403 g/mol. The fourth-order valence-electron chi connectivity index (χ4n) is 4.73. The van der Waals surface area contributed by atoms with Crippen molar-refractivity contribution in [3.8, 4) is 0 Å². The molecule has 1 aromatic carbocycles. The van der Waals surface area contributed by atoms with Crippen LogP contribution in [0.2, 0.25) is 0 Å². The van der Waals surface area contributed by atoms with Crippen LogP contribution >= 0.6 is 0 Å². The molecule has 3 fully saturated rings. The zero-order valence-corrected chi connectivity index (χ0v) is 16.9. The lowest BCUT2D eigenvalue weighted by Gasteiger charge is -2.38. The molecule has 1 spiro atoms.